The van der Waals surface area contributed by atoms with Crippen LogP contribution in [0.4, 0.5) is 4.79 Å². The summed E-state index contributed by atoms with van der Waals surface area (Å²) in [4.78, 5) is 26.4. The molecule has 0 saturated carbocycles. The van der Waals surface area contributed by atoms with E-state index in [2.05, 4.69) is 10.6 Å². The first-order chi connectivity index (χ1) is 13.5. The van der Waals surface area contributed by atoms with E-state index in [9.17, 15) is 9.59 Å². The van der Waals surface area contributed by atoms with Crippen LogP contribution in [0.3, 0.4) is 0 Å². The van der Waals surface area contributed by atoms with Crippen LogP contribution >= 0.6 is 0 Å². The maximum Gasteiger partial charge on any atom is 0.321 e. The van der Waals surface area contributed by atoms with E-state index in [4.69, 9.17) is 9.47 Å². The fourth-order valence-electron chi connectivity index (χ4n) is 3.13. The number of benzene rings is 1. The van der Waals surface area contributed by atoms with Crippen LogP contribution < -0.4 is 29.9 Å². The predicted octanol–water partition coefficient (Wildman–Crippen LogP) is -1.52. The van der Waals surface area contributed by atoms with Crippen LogP contribution in [0, 0.1) is 0 Å². The lowest BCUT2D eigenvalue weighted by molar-refractivity contribution is -1.01. The summed E-state index contributed by atoms with van der Waals surface area (Å²) in [6.07, 6.45) is 0.833. The molecular formula is C20H34N4O4+2. The molecule has 0 aromatic heterocycles. The van der Waals surface area contributed by atoms with Gasteiger partial charge in [0.1, 0.15) is 50.8 Å². The molecule has 2 rings (SSSR count). The Bertz CT molecular complexity index is 615. The van der Waals surface area contributed by atoms with Gasteiger partial charge in [-0.05, 0) is 37.6 Å². The van der Waals surface area contributed by atoms with Gasteiger partial charge in [0, 0.05) is 6.04 Å². The van der Waals surface area contributed by atoms with Crippen LogP contribution in [0.2, 0.25) is 0 Å². The summed E-state index contributed by atoms with van der Waals surface area (Å²) in [5.41, 5.74) is 0. The van der Waals surface area contributed by atoms with E-state index in [0.717, 1.165) is 50.6 Å². The molecule has 0 unspecified atom stereocenters. The summed E-state index contributed by atoms with van der Waals surface area (Å²) in [6, 6.07) is 7.25. The van der Waals surface area contributed by atoms with Crippen molar-refractivity contribution in [3.8, 4) is 11.5 Å². The quantitative estimate of drug-likeness (QED) is 0.410. The molecule has 1 aliphatic rings. The van der Waals surface area contributed by atoms with Crippen molar-refractivity contribution < 1.29 is 28.9 Å². The van der Waals surface area contributed by atoms with Crippen molar-refractivity contribution in [3.63, 3.8) is 0 Å². The van der Waals surface area contributed by atoms with Gasteiger partial charge >= 0.3 is 6.03 Å². The van der Waals surface area contributed by atoms with Gasteiger partial charge < -0.3 is 24.6 Å². The normalized spacial score (nSPS) is 20.1. The number of hydrogen-bond donors (Lipinski definition) is 4. The molecule has 8 nitrogen and oxygen atoms in total. The number of hydrogen-bond acceptors (Lipinski definition) is 4. The van der Waals surface area contributed by atoms with Crippen LogP contribution in [0.1, 0.15) is 20.3 Å². The van der Waals surface area contributed by atoms with Gasteiger partial charge in [-0.1, -0.05) is 6.92 Å². The third-order valence-corrected chi connectivity index (χ3v) is 5.10. The molecule has 1 atom stereocenters. The molecule has 0 bridgehead atoms. The lowest BCUT2D eigenvalue weighted by Crippen LogP contribution is -3.28. The number of urea groups is 1. The number of carbonyl (C=O) groups excluding carboxylic acids is 2. The second-order valence-corrected chi connectivity index (χ2v) is 7.28. The fourth-order valence-corrected chi connectivity index (χ4v) is 3.13. The molecule has 1 heterocycles. The number of ether oxygens (including phenoxy) is 2. The van der Waals surface area contributed by atoms with E-state index in [1.165, 1.54) is 9.80 Å². The second-order valence-electron chi connectivity index (χ2n) is 7.28. The van der Waals surface area contributed by atoms with Crippen molar-refractivity contribution >= 4 is 11.9 Å². The monoisotopic (exact) mass is 394 g/mol. The second kappa shape index (κ2) is 11.5. The summed E-state index contributed by atoms with van der Waals surface area (Å²) < 4.78 is 10.9. The third kappa shape index (κ3) is 7.74. The van der Waals surface area contributed by atoms with E-state index in [1.807, 2.05) is 38.1 Å². The molecule has 3 amide bonds. The van der Waals surface area contributed by atoms with Crippen LogP contribution in [0.15, 0.2) is 24.3 Å². The van der Waals surface area contributed by atoms with E-state index in [1.54, 1.807) is 7.11 Å². The first-order valence-corrected chi connectivity index (χ1v) is 10.0. The van der Waals surface area contributed by atoms with Gasteiger partial charge in [0.2, 0.25) is 0 Å². The average molecular weight is 395 g/mol. The van der Waals surface area contributed by atoms with Gasteiger partial charge in [-0.2, -0.15) is 0 Å². The molecular weight excluding hydrogens is 360 g/mol. The number of nitrogens with one attached hydrogen (secondary N) is 4. The molecule has 4 N–H and O–H groups in total. The summed E-state index contributed by atoms with van der Waals surface area (Å²) in [7, 11) is 1.65. The van der Waals surface area contributed by atoms with Crippen LogP contribution in [-0.2, 0) is 4.79 Å². The van der Waals surface area contributed by atoms with Gasteiger partial charge in [-0.25, -0.2) is 4.79 Å². The highest BCUT2D eigenvalue weighted by atomic mass is 16.5. The van der Waals surface area contributed by atoms with Crippen LogP contribution in [-0.4, -0.2) is 71.0 Å². The Morgan fingerprint density at radius 3 is 2.29 bits per heavy atom. The SMILES string of the molecule is CC[C@H](C)NC(=O)NC(=O)C[NH+]1CC[NH+](CCOc2ccc(OC)cc2)CC1. The maximum atomic E-state index is 12.0. The number of quaternary nitrogens is 2. The standard InChI is InChI=1S/C20H32N4O4/c1-4-16(2)21-20(26)22-19(25)15-24-11-9-23(10-12-24)13-14-28-18-7-5-17(27-3)6-8-18/h5-8,16H,4,9-15H2,1-3H3,(H2,21,22,25,26)/p+2/t16-/m0/s1. The minimum atomic E-state index is -0.404. The molecule has 156 valence electrons. The molecule has 1 aromatic rings. The van der Waals surface area contributed by atoms with Crippen molar-refractivity contribution in [1.82, 2.24) is 10.6 Å². The first-order valence-electron chi connectivity index (χ1n) is 10.0. The number of piperazine rings is 1. The lowest BCUT2D eigenvalue weighted by atomic mass is 10.3. The highest BCUT2D eigenvalue weighted by molar-refractivity contribution is 5.94. The van der Waals surface area contributed by atoms with Crippen LogP contribution in [0.25, 0.3) is 0 Å². The highest BCUT2D eigenvalue weighted by Crippen LogP contribution is 2.16. The summed E-state index contributed by atoms with van der Waals surface area (Å²) in [6.45, 7) is 9.65. The van der Waals surface area contributed by atoms with E-state index in [-0.39, 0.29) is 11.9 Å². The molecule has 1 aromatic carbocycles. The molecule has 0 radical (unpaired) electrons. The number of carbonyl (C=O) groups is 2. The predicted molar refractivity (Wildman–Crippen MR) is 106 cm³/mol. The van der Waals surface area contributed by atoms with Gasteiger partial charge in [-0.15, -0.1) is 0 Å². The van der Waals surface area contributed by atoms with Gasteiger partial charge in [-0.3, -0.25) is 10.1 Å². The zero-order valence-electron chi connectivity index (χ0n) is 17.2. The zero-order chi connectivity index (χ0) is 20.4. The maximum absolute atomic E-state index is 12.0. The Morgan fingerprint density at radius 2 is 1.68 bits per heavy atom. The molecule has 1 fully saturated rings. The highest BCUT2D eigenvalue weighted by Gasteiger charge is 2.25. The zero-order valence-corrected chi connectivity index (χ0v) is 17.2. The van der Waals surface area contributed by atoms with Crippen molar-refractivity contribution in [2.24, 2.45) is 0 Å². The van der Waals surface area contributed by atoms with Crippen molar-refractivity contribution in [1.29, 1.82) is 0 Å². The van der Waals surface area contributed by atoms with Crippen LogP contribution in [0.5, 0.6) is 11.5 Å². The Labute approximate surface area is 167 Å². The molecule has 8 heteroatoms. The molecule has 0 spiro atoms. The van der Waals surface area contributed by atoms with Crippen molar-refractivity contribution in [2.45, 2.75) is 26.3 Å². The first kappa shape index (κ1) is 22.0. The number of methoxy groups -OCH3 is 1. The lowest BCUT2D eigenvalue weighted by Gasteiger charge is -2.29. The average Bonchev–Trinajstić information content (AvgIpc) is 2.69. The van der Waals surface area contributed by atoms with Crippen molar-refractivity contribution in [3.05, 3.63) is 24.3 Å². The number of amides is 3. The topological polar surface area (TPSA) is 85.5 Å². The largest absolute Gasteiger partial charge is 0.497 e. The molecule has 28 heavy (non-hydrogen) atoms. The Hall–Kier alpha value is -2.32. The molecule has 1 saturated heterocycles. The van der Waals surface area contributed by atoms with Gasteiger partial charge in [0.25, 0.3) is 5.91 Å². The van der Waals surface area contributed by atoms with Gasteiger partial charge in [0.05, 0.1) is 7.11 Å². The van der Waals surface area contributed by atoms with E-state index in [0.29, 0.717) is 13.2 Å². The smallest absolute Gasteiger partial charge is 0.321 e. The Kier molecular flexibility index (Phi) is 9.03. The third-order valence-electron chi connectivity index (χ3n) is 5.10. The summed E-state index contributed by atoms with van der Waals surface area (Å²) in [5.74, 6) is 1.44. The number of imide groups is 1. The minimum Gasteiger partial charge on any atom is -0.497 e. The Balaban J connectivity index is 1.60. The molecule has 0 aliphatic carbocycles. The summed E-state index contributed by atoms with van der Waals surface area (Å²) in [5, 5.41) is 5.16. The van der Waals surface area contributed by atoms with E-state index >= 15 is 0 Å². The molecule has 1 aliphatic heterocycles. The number of rotatable bonds is 9. The van der Waals surface area contributed by atoms with Crippen molar-refractivity contribution in [2.75, 3.05) is 53.0 Å². The fraction of sp³-hybridized carbons (Fsp3) is 0.600. The van der Waals surface area contributed by atoms with E-state index < -0.39 is 6.03 Å². The minimum absolute atomic E-state index is 0.0624. The van der Waals surface area contributed by atoms with Gasteiger partial charge in [0.15, 0.2) is 6.54 Å². The summed E-state index contributed by atoms with van der Waals surface area (Å²) >= 11 is 0. The Morgan fingerprint density at radius 1 is 1.07 bits per heavy atom.